The topological polar surface area (TPSA) is 69.1 Å². The molecule has 0 spiro atoms. The van der Waals surface area contributed by atoms with E-state index in [0.717, 1.165) is 0 Å². The largest absolute Gasteiger partial charge is 0.463 e. The number of nitrogen functional groups attached to an aromatic ring is 1. The molecule has 1 aromatic carbocycles. The number of hydrogen-bond acceptors (Lipinski definition) is 5. The van der Waals surface area contributed by atoms with Gasteiger partial charge in [-0.3, -0.25) is 4.79 Å². The predicted octanol–water partition coefficient (Wildman–Crippen LogP) is 3.22. The lowest BCUT2D eigenvalue weighted by atomic mass is 10.1. The summed E-state index contributed by atoms with van der Waals surface area (Å²) in [4.78, 5) is 17.2. The summed E-state index contributed by atoms with van der Waals surface area (Å²) in [6.45, 7) is 0. The van der Waals surface area contributed by atoms with Crippen molar-refractivity contribution < 1.29 is 9.21 Å². The van der Waals surface area contributed by atoms with Crippen molar-refractivity contribution >= 4 is 22.3 Å². The number of aromatic nitrogens is 1. The minimum Gasteiger partial charge on any atom is -0.463 e. The van der Waals surface area contributed by atoms with Crippen LogP contribution in [-0.4, -0.2) is 10.8 Å². The zero-order chi connectivity index (χ0) is 13.2. The fourth-order valence-corrected chi connectivity index (χ4v) is 2.59. The molecule has 94 valence electrons. The van der Waals surface area contributed by atoms with Crippen LogP contribution >= 0.6 is 11.3 Å². The first-order chi connectivity index (χ1) is 9.25. The van der Waals surface area contributed by atoms with Crippen LogP contribution in [0.15, 0.2) is 53.1 Å². The normalized spacial score (nSPS) is 10.5. The molecule has 0 aliphatic heterocycles. The number of furan rings is 1. The first-order valence-corrected chi connectivity index (χ1v) is 6.47. The second kappa shape index (κ2) is 4.70. The number of hydrogen-bond donors (Lipinski definition) is 1. The van der Waals surface area contributed by atoms with Gasteiger partial charge in [-0.1, -0.05) is 41.7 Å². The van der Waals surface area contributed by atoms with Crippen molar-refractivity contribution in [1.29, 1.82) is 0 Å². The first kappa shape index (κ1) is 11.7. The molecule has 0 aliphatic carbocycles. The Morgan fingerprint density at radius 3 is 2.63 bits per heavy atom. The molecule has 4 nitrogen and oxygen atoms in total. The number of thiazole rings is 1. The maximum absolute atomic E-state index is 12.4. The van der Waals surface area contributed by atoms with Gasteiger partial charge >= 0.3 is 0 Å². The van der Waals surface area contributed by atoms with Crippen molar-refractivity contribution in [2.24, 2.45) is 0 Å². The molecule has 2 aromatic heterocycles. The zero-order valence-corrected chi connectivity index (χ0v) is 10.7. The minimum absolute atomic E-state index is 0.153. The molecule has 0 saturated carbocycles. The van der Waals surface area contributed by atoms with Gasteiger partial charge in [-0.25, -0.2) is 4.98 Å². The lowest BCUT2D eigenvalue weighted by Gasteiger charge is -1.99. The molecule has 5 heteroatoms. The molecule has 0 atom stereocenters. The van der Waals surface area contributed by atoms with Crippen LogP contribution in [0.4, 0.5) is 5.13 Å². The molecular weight excluding hydrogens is 260 g/mol. The molecule has 0 radical (unpaired) electrons. The van der Waals surface area contributed by atoms with Gasteiger partial charge in [-0.05, 0) is 12.1 Å². The molecule has 2 heterocycles. The van der Waals surface area contributed by atoms with Crippen molar-refractivity contribution in [3.8, 4) is 10.6 Å². The minimum atomic E-state index is -0.153. The van der Waals surface area contributed by atoms with Crippen molar-refractivity contribution in [2.45, 2.75) is 0 Å². The summed E-state index contributed by atoms with van der Waals surface area (Å²) in [6, 6.07) is 12.6. The van der Waals surface area contributed by atoms with Gasteiger partial charge in [0.25, 0.3) is 0 Å². The monoisotopic (exact) mass is 270 g/mol. The Bertz CT molecular complexity index is 702. The number of carbonyl (C=O) groups is 1. The molecule has 19 heavy (non-hydrogen) atoms. The van der Waals surface area contributed by atoms with Gasteiger partial charge in [-0.15, -0.1) is 0 Å². The molecule has 3 aromatic rings. The van der Waals surface area contributed by atoms with Crippen LogP contribution in [0.1, 0.15) is 16.1 Å². The maximum Gasteiger partial charge on any atom is 0.213 e. The van der Waals surface area contributed by atoms with E-state index >= 15 is 0 Å². The van der Waals surface area contributed by atoms with Gasteiger partial charge in [0.15, 0.2) is 5.13 Å². The van der Waals surface area contributed by atoms with Gasteiger partial charge in [0, 0.05) is 5.56 Å². The summed E-state index contributed by atoms with van der Waals surface area (Å²) in [5, 5.41) is 0.352. The number of benzene rings is 1. The SMILES string of the molecule is Nc1nc(C(=O)c2ccccc2)c(-c2ccco2)s1. The molecule has 0 bridgehead atoms. The van der Waals surface area contributed by atoms with Crippen molar-refractivity contribution in [2.75, 3.05) is 5.73 Å². The van der Waals surface area contributed by atoms with E-state index in [4.69, 9.17) is 10.2 Å². The Hall–Kier alpha value is -2.40. The Morgan fingerprint density at radius 2 is 1.95 bits per heavy atom. The van der Waals surface area contributed by atoms with E-state index < -0.39 is 0 Å². The third kappa shape index (κ3) is 2.15. The van der Waals surface area contributed by atoms with E-state index in [1.807, 2.05) is 18.2 Å². The van der Waals surface area contributed by atoms with E-state index in [1.165, 1.54) is 11.3 Å². The lowest BCUT2D eigenvalue weighted by molar-refractivity contribution is 0.103. The third-order valence-electron chi connectivity index (χ3n) is 2.64. The average molecular weight is 270 g/mol. The molecule has 2 N–H and O–H groups in total. The summed E-state index contributed by atoms with van der Waals surface area (Å²) in [7, 11) is 0. The lowest BCUT2D eigenvalue weighted by Crippen LogP contribution is -2.03. The molecule has 0 fully saturated rings. The number of carbonyl (C=O) groups excluding carboxylic acids is 1. The highest BCUT2D eigenvalue weighted by Gasteiger charge is 2.21. The zero-order valence-electron chi connectivity index (χ0n) is 9.87. The van der Waals surface area contributed by atoms with Gasteiger partial charge in [0.1, 0.15) is 16.3 Å². The number of anilines is 1. The standard InChI is InChI=1S/C14H10N2O2S/c15-14-16-11(12(17)9-5-2-1-3-6-9)13(19-14)10-7-4-8-18-10/h1-8H,(H2,15,16). The number of rotatable bonds is 3. The summed E-state index contributed by atoms with van der Waals surface area (Å²) in [6.07, 6.45) is 1.56. The summed E-state index contributed by atoms with van der Waals surface area (Å²) >= 11 is 1.25. The second-order valence-electron chi connectivity index (χ2n) is 3.90. The number of nitrogens with zero attached hydrogens (tertiary/aromatic N) is 1. The number of nitrogens with two attached hydrogens (primary N) is 1. The predicted molar refractivity (Wildman–Crippen MR) is 74.1 cm³/mol. The Labute approximate surface area is 113 Å². The summed E-state index contributed by atoms with van der Waals surface area (Å²) in [5.74, 6) is 0.452. The highest BCUT2D eigenvalue weighted by molar-refractivity contribution is 7.19. The maximum atomic E-state index is 12.4. The van der Waals surface area contributed by atoms with Crippen LogP contribution in [-0.2, 0) is 0 Å². The quantitative estimate of drug-likeness (QED) is 0.742. The van der Waals surface area contributed by atoms with E-state index in [2.05, 4.69) is 4.98 Å². The molecule has 0 amide bonds. The molecule has 0 aliphatic rings. The van der Waals surface area contributed by atoms with Crippen LogP contribution < -0.4 is 5.73 Å². The summed E-state index contributed by atoms with van der Waals surface area (Å²) in [5.41, 5.74) is 6.64. The van der Waals surface area contributed by atoms with Gasteiger partial charge in [-0.2, -0.15) is 0 Å². The molecule has 3 rings (SSSR count). The highest BCUT2D eigenvalue weighted by atomic mass is 32.1. The third-order valence-corrected chi connectivity index (χ3v) is 3.54. The molecular formula is C14H10N2O2S. The summed E-state index contributed by atoms with van der Waals surface area (Å²) < 4.78 is 5.32. The van der Waals surface area contributed by atoms with Crippen molar-refractivity contribution in [3.05, 3.63) is 60.0 Å². The highest BCUT2D eigenvalue weighted by Crippen LogP contribution is 2.33. The van der Waals surface area contributed by atoms with Crippen LogP contribution in [0.3, 0.4) is 0 Å². The Kier molecular flexibility index (Phi) is 2.89. The molecule has 0 unspecified atom stereocenters. The van der Waals surface area contributed by atoms with E-state index in [9.17, 15) is 4.79 Å². The second-order valence-corrected chi connectivity index (χ2v) is 4.93. The van der Waals surface area contributed by atoms with Crippen molar-refractivity contribution in [1.82, 2.24) is 4.98 Å². The van der Waals surface area contributed by atoms with Gasteiger partial charge < -0.3 is 10.2 Å². The molecule has 0 saturated heterocycles. The Balaban J connectivity index is 2.09. The van der Waals surface area contributed by atoms with E-state index in [-0.39, 0.29) is 5.78 Å². The van der Waals surface area contributed by atoms with E-state index in [1.54, 1.807) is 30.5 Å². The number of ketones is 1. The van der Waals surface area contributed by atoms with Crippen molar-refractivity contribution in [3.63, 3.8) is 0 Å². The average Bonchev–Trinajstić information content (AvgIpc) is 3.07. The fraction of sp³-hybridized carbons (Fsp3) is 0. The smallest absolute Gasteiger partial charge is 0.213 e. The van der Waals surface area contributed by atoms with E-state index in [0.29, 0.717) is 27.0 Å². The van der Waals surface area contributed by atoms with Crippen LogP contribution in [0.25, 0.3) is 10.6 Å². The Morgan fingerprint density at radius 1 is 1.16 bits per heavy atom. The van der Waals surface area contributed by atoms with Crippen LogP contribution in [0.5, 0.6) is 0 Å². The van der Waals surface area contributed by atoms with Crippen LogP contribution in [0, 0.1) is 0 Å². The first-order valence-electron chi connectivity index (χ1n) is 5.65. The van der Waals surface area contributed by atoms with Gasteiger partial charge in [0.05, 0.1) is 6.26 Å². The van der Waals surface area contributed by atoms with Gasteiger partial charge in [0.2, 0.25) is 5.78 Å². The van der Waals surface area contributed by atoms with Crippen LogP contribution in [0.2, 0.25) is 0 Å². The fourth-order valence-electron chi connectivity index (χ4n) is 1.79.